The van der Waals surface area contributed by atoms with Gasteiger partial charge in [0.1, 0.15) is 0 Å². The summed E-state index contributed by atoms with van der Waals surface area (Å²) in [4.78, 5) is 30.7. The molecule has 164 valence electrons. The Morgan fingerprint density at radius 2 is 1.52 bits per heavy atom. The third kappa shape index (κ3) is 10.8. The molecule has 0 aliphatic heterocycles. The topological polar surface area (TPSA) is 109 Å². The second-order valence-electron chi connectivity index (χ2n) is 5.38. The van der Waals surface area contributed by atoms with E-state index in [0.29, 0.717) is 5.56 Å². The first-order valence-corrected chi connectivity index (χ1v) is 10.00. The van der Waals surface area contributed by atoms with Crippen molar-refractivity contribution in [2.24, 2.45) is 5.73 Å². The minimum atomic E-state index is -0.929. The van der Waals surface area contributed by atoms with Crippen molar-refractivity contribution in [3.63, 3.8) is 0 Å². The van der Waals surface area contributed by atoms with Crippen LogP contribution >= 0.6 is 11.8 Å². The van der Waals surface area contributed by atoms with Crippen LogP contribution in [0.25, 0.3) is 11.1 Å². The number of hydrogen-bond donors (Lipinski definition) is 3. The summed E-state index contributed by atoms with van der Waals surface area (Å²) in [6.07, 6.45) is 3.09. The Morgan fingerprint density at radius 3 is 1.86 bits per heavy atom. The predicted molar refractivity (Wildman–Crippen MR) is 115 cm³/mol. The Labute approximate surface area is 170 Å². The normalized spacial score (nSPS) is 9.93. The van der Waals surface area contributed by atoms with E-state index in [9.17, 15) is 14.4 Å². The van der Waals surface area contributed by atoms with E-state index in [1.807, 2.05) is 26.0 Å². The van der Waals surface area contributed by atoms with E-state index in [-0.39, 0.29) is 11.8 Å². The molecule has 0 heterocycles. The maximum atomic E-state index is 10.9. The number of thioether (sulfide) groups is 1. The summed E-state index contributed by atoms with van der Waals surface area (Å²) in [5.41, 5.74) is 9.18. The summed E-state index contributed by atoms with van der Waals surface area (Å²) < 4.78 is 0. The van der Waals surface area contributed by atoms with Crippen LogP contribution in [0.15, 0.2) is 48.5 Å². The molecule has 0 aliphatic rings. The van der Waals surface area contributed by atoms with Gasteiger partial charge in [-0.15, -0.1) is 11.8 Å². The summed E-state index contributed by atoms with van der Waals surface area (Å²) in [6.45, 7) is 6.06. The molecule has 0 aromatic heterocycles. The summed E-state index contributed by atoms with van der Waals surface area (Å²) in [7, 11) is 0. The monoisotopic (exact) mass is 660 g/mol. The summed E-state index contributed by atoms with van der Waals surface area (Å²) in [5, 5.41) is 10.1. The fourth-order valence-electron chi connectivity index (χ4n) is 1.99. The van der Waals surface area contributed by atoms with E-state index in [1.165, 1.54) is 23.7 Å². The Morgan fingerprint density at radius 1 is 1.07 bits per heavy atom. The molecule has 0 saturated heterocycles. The summed E-state index contributed by atoms with van der Waals surface area (Å²) in [6, 6.07) is 15.6. The number of carbonyl (C=O) groups excluding carboxylic acids is 2. The fourth-order valence-corrected chi connectivity index (χ4v) is 2.47. The van der Waals surface area contributed by atoms with Crippen molar-refractivity contribution in [1.29, 1.82) is 0 Å². The van der Waals surface area contributed by atoms with Gasteiger partial charge >= 0.3 is 5.97 Å². The Bertz CT molecular complexity index is 737. The first kappa shape index (κ1) is 27.4. The van der Waals surface area contributed by atoms with Crippen molar-refractivity contribution in [1.82, 2.24) is 5.32 Å². The average Bonchev–Trinajstić information content (AvgIpc) is 2.70. The number of carbonyl (C=O) groups is 2. The number of hydrogen-bond acceptors (Lipinski definition) is 4. The number of aryl methyl sites for hydroxylation is 1. The van der Waals surface area contributed by atoms with Crippen molar-refractivity contribution < 1.29 is 19.5 Å². The maximum absolute atomic E-state index is 10.9. The van der Waals surface area contributed by atoms with Crippen molar-refractivity contribution in [3.05, 3.63) is 59.7 Å². The van der Waals surface area contributed by atoms with Gasteiger partial charge < -0.3 is 21.0 Å². The molecule has 2 aromatic carbocycles. The smallest absolute Gasteiger partial charge is 0.306 e. The van der Waals surface area contributed by atoms with Crippen molar-refractivity contribution >= 4 is 30.0 Å². The Kier molecular flexibility index (Phi) is 14.4. The average molecular weight is 661 g/mol. The molecular formula is C21H27FmN2O4S-. The first-order chi connectivity index (χ1) is 13.4. The molecule has 0 saturated carbocycles. The quantitative estimate of drug-likeness (QED) is 0.239. The predicted octanol–water partition coefficient (Wildman–Crippen LogP) is 3.59. The molecule has 0 fully saturated rings. The van der Waals surface area contributed by atoms with Gasteiger partial charge in [0.05, 0.1) is 11.8 Å². The van der Waals surface area contributed by atoms with Crippen LogP contribution in [0.4, 0.5) is 0 Å². The van der Waals surface area contributed by atoms with E-state index in [4.69, 9.17) is 10.8 Å². The number of primary amides is 1. The van der Waals surface area contributed by atoms with Crippen LogP contribution < -0.4 is 11.1 Å². The van der Waals surface area contributed by atoms with Crippen molar-refractivity contribution in [2.75, 3.05) is 6.26 Å². The van der Waals surface area contributed by atoms with Crippen LogP contribution in [-0.2, 0) is 9.59 Å². The number of nitrogens with one attached hydrogen (secondary N) is 1. The van der Waals surface area contributed by atoms with Crippen LogP contribution in [0.5, 0.6) is 0 Å². The molecule has 1 atom stereocenters. The van der Waals surface area contributed by atoms with Gasteiger partial charge in [-0.05, 0) is 36.4 Å². The van der Waals surface area contributed by atoms with Gasteiger partial charge in [0, 0.05) is 5.56 Å². The van der Waals surface area contributed by atoms with E-state index in [2.05, 4.69) is 36.5 Å². The van der Waals surface area contributed by atoms with Gasteiger partial charge in [-0.3, -0.25) is 9.59 Å². The third-order valence-electron chi connectivity index (χ3n) is 3.42. The van der Waals surface area contributed by atoms with Gasteiger partial charge in [-0.2, -0.15) is 6.41 Å². The SMILES string of the molecule is CC.CSC(CC(=O)O)N[C-]=O.Cc1ccc(-c2ccc(C(N)=O)cc2)cc1.[Fm]. The number of carboxylic acid groups (broad SMARTS) is 1. The largest absolute Gasteiger partial charge is 0.520 e. The Balaban J connectivity index is 0. The number of amides is 2. The van der Waals surface area contributed by atoms with E-state index in [0.717, 1.165) is 11.1 Å². The molecule has 4 N–H and O–H groups in total. The van der Waals surface area contributed by atoms with Crippen LogP contribution in [0.3, 0.4) is 0 Å². The first-order valence-electron chi connectivity index (χ1n) is 8.71. The molecule has 2 amide bonds. The van der Waals surface area contributed by atoms with Gasteiger partial charge in [-0.1, -0.05) is 55.8 Å². The zero-order valence-corrected chi connectivity index (χ0v) is 20.1. The van der Waals surface area contributed by atoms with E-state index in [1.54, 1.807) is 18.4 Å². The van der Waals surface area contributed by atoms with Crippen LogP contribution in [0, 0.1) is 6.92 Å². The molecule has 29 heavy (non-hydrogen) atoms. The molecule has 0 bridgehead atoms. The molecule has 0 aliphatic carbocycles. The van der Waals surface area contributed by atoms with Crippen LogP contribution in [-0.4, -0.2) is 35.0 Å². The molecule has 6 nitrogen and oxygen atoms in total. The summed E-state index contributed by atoms with van der Waals surface area (Å²) >= 11 is 1.27. The number of nitrogens with two attached hydrogens (primary N) is 1. The molecule has 0 spiro atoms. The number of aliphatic carboxylic acids is 1. The Hall–Kier alpha value is -3.80. The van der Waals surface area contributed by atoms with Crippen LogP contribution in [0.1, 0.15) is 36.2 Å². The zero-order chi connectivity index (χ0) is 21.5. The molecule has 1 unspecified atom stereocenters. The minimum Gasteiger partial charge on any atom is -0.520 e. The molecular weight excluding hydrogens is 633 g/mol. The van der Waals surface area contributed by atoms with Crippen LogP contribution in [0.2, 0.25) is 0 Å². The molecule has 8 heteroatoms. The zero-order valence-electron chi connectivity index (χ0n) is 16.8. The fraction of sp³-hybridized carbons (Fsp3) is 0.286. The van der Waals surface area contributed by atoms with Gasteiger partial charge in [0.15, 0.2) is 0 Å². The number of benzene rings is 2. The minimum absolute atomic E-state index is 0. The van der Waals surface area contributed by atoms with Crippen molar-refractivity contribution in [3.8, 4) is 11.1 Å². The molecule has 2 rings (SSSR count). The maximum Gasteiger partial charge on any atom is 0.306 e. The van der Waals surface area contributed by atoms with Crippen molar-refractivity contribution in [2.45, 2.75) is 32.6 Å². The number of carboxylic acids is 1. The second kappa shape index (κ2) is 15.3. The van der Waals surface area contributed by atoms with Gasteiger partial charge in [0.25, 0.3) is 0 Å². The second-order valence-corrected chi connectivity index (χ2v) is 6.42. The van der Waals surface area contributed by atoms with E-state index < -0.39 is 11.9 Å². The standard InChI is InChI=1S/C14H13NO.C5H8NO3S.C2H6.Fm/c1-10-2-4-11(5-3-10)12-6-8-13(9-7-12)14(15)16;1-10-4(6-3-7)2-5(8)9;1-2;/h2-9H,1H3,(H2,15,16);4H,2H2,1H3,(H,6,7)(H,8,9);1-2H3;/q;-1;;. The summed E-state index contributed by atoms with van der Waals surface area (Å²) in [5.74, 6) is -1.32. The molecule has 2 aromatic rings. The molecule has 0 radical (unpaired) electrons. The van der Waals surface area contributed by atoms with Gasteiger partial charge in [0.2, 0.25) is 5.91 Å². The van der Waals surface area contributed by atoms with E-state index >= 15 is 0 Å². The third-order valence-corrected chi connectivity index (χ3v) is 4.27. The van der Waals surface area contributed by atoms with Gasteiger partial charge in [-0.25, -0.2) is 0 Å². The number of rotatable bonds is 7.